The van der Waals surface area contributed by atoms with Crippen LogP contribution in [0.5, 0.6) is 0 Å². The maximum atomic E-state index is 14.8. The molecular weight excluding hydrogens is 448 g/mol. The molecule has 34 heavy (non-hydrogen) atoms. The molecule has 3 heterocycles. The minimum absolute atomic E-state index is 0.0146. The lowest BCUT2D eigenvalue weighted by Gasteiger charge is -2.54. The van der Waals surface area contributed by atoms with Gasteiger partial charge < -0.3 is 27.0 Å². The van der Waals surface area contributed by atoms with Crippen molar-refractivity contribution in [1.29, 1.82) is 0 Å². The number of carbonyl (C=O) groups is 4. The molecule has 2 saturated carbocycles. The second-order valence-electron chi connectivity index (χ2n) is 10.5. The number of amides is 4. The number of nitrogens with two attached hydrogens (primary N) is 2. The molecule has 3 aliphatic heterocycles. The highest BCUT2D eigenvalue weighted by Gasteiger charge is 2.61. The quantitative estimate of drug-likeness (QED) is 0.395. The molecule has 5 fully saturated rings. The first-order valence-electron chi connectivity index (χ1n) is 12.4. The number of hydrogen-bond acceptors (Lipinski definition) is 5. The van der Waals surface area contributed by atoms with Gasteiger partial charge in [0.25, 0.3) is 5.92 Å². The molecule has 0 aromatic heterocycles. The SMILES string of the molecule is NC(=O)[C@H](C[C@@H]1CCCNC1=O)NC(=O)[C@@H]1[C@@H]2CC[C@@H](CC2(F)F)N1C(=O)[C@@H](N)CC1CCC1. The summed E-state index contributed by atoms with van der Waals surface area (Å²) in [5, 5.41) is 5.22. The van der Waals surface area contributed by atoms with Gasteiger partial charge in [0.15, 0.2) is 0 Å². The lowest BCUT2D eigenvalue weighted by atomic mass is 9.71. The van der Waals surface area contributed by atoms with Crippen LogP contribution in [0.4, 0.5) is 8.78 Å². The molecule has 11 heteroatoms. The summed E-state index contributed by atoms with van der Waals surface area (Å²) in [6.45, 7) is 0.543. The lowest BCUT2D eigenvalue weighted by Crippen LogP contribution is -2.70. The maximum Gasteiger partial charge on any atom is 0.255 e. The number of nitrogens with one attached hydrogen (secondary N) is 2. The molecule has 0 aromatic rings. The monoisotopic (exact) mass is 483 g/mol. The Balaban J connectivity index is 1.52. The Morgan fingerprint density at radius 3 is 2.44 bits per heavy atom. The Labute approximate surface area is 197 Å². The number of piperidine rings is 3. The van der Waals surface area contributed by atoms with Gasteiger partial charge in [-0.3, -0.25) is 19.2 Å². The van der Waals surface area contributed by atoms with E-state index in [2.05, 4.69) is 10.6 Å². The van der Waals surface area contributed by atoms with Crippen LogP contribution in [0.1, 0.15) is 64.2 Å². The van der Waals surface area contributed by atoms with Gasteiger partial charge in [-0.25, -0.2) is 8.78 Å². The van der Waals surface area contributed by atoms with E-state index in [0.29, 0.717) is 31.7 Å². The molecule has 0 spiro atoms. The van der Waals surface area contributed by atoms with Crippen LogP contribution in [0.15, 0.2) is 0 Å². The van der Waals surface area contributed by atoms with Gasteiger partial charge in [0.2, 0.25) is 23.6 Å². The van der Waals surface area contributed by atoms with Crippen molar-refractivity contribution >= 4 is 23.6 Å². The van der Waals surface area contributed by atoms with E-state index in [-0.39, 0.29) is 18.7 Å². The molecule has 2 aliphatic carbocycles. The molecule has 9 nitrogen and oxygen atoms in total. The lowest BCUT2D eigenvalue weighted by molar-refractivity contribution is -0.195. The molecule has 190 valence electrons. The minimum atomic E-state index is -3.11. The molecular formula is C23H35F2N5O4. The number of halogens is 2. The van der Waals surface area contributed by atoms with Crippen molar-refractivity contribution in [2.75, 3.05) is 6.54 Å². The zero-order chi connectivity index (χ0) is 24.6. The maximum absolute atomic E-state index is 14.8. The third kappa shape index (κ3) is 4.89. The van der Waals surface area contributed by atoms with Gasteiger partial charge in [0.05, 0.1) is 12.0 Å². The van der Waals surface area contributed by atoms with Gasteiger partial charge in [-0.05, 0) is 44.4 Å². The number of alkyl halides is 2. The van der Waals surface area contributed by atoms with E-state index in [1.165, 1.54) is 4.90 Å². The van der Waals surface area contributed by atoms with E-state index in [9.17, 15) is 28.0 Å². The van der Waals surface area contributed by atoms with Gasteiger partial charge in [0.1, 0.15) is 12.1 Å². The van der Waals surface area contributed by atoms with Gasteiger partial charge in [-0.1, -0.05) is 19.3 Å². The minimum Gasteiger partial charge on any atom is -0.368 e. The summed E-state index contributed by atoms with van der Waals surface area (Å²) < 4.78 is 29.7. The second-order valence-corrected chi connectivity index (χ2v) is 10.5. The van der Waals surface area contributed by atoms with Crippen LogP contribution in [-0.2, 0) is 19.2 Å². The Kier molecular flexibility index (Phi) is 7.12. The third-order valence-corrected chi connectivity index (χ3v) is 8.17. The summed E-state index contributed by atoms with van der Waals surface area (Å²) in [5.41, 5.74) is 11.7. The second kappa shape index (κ2) is 9.75. The van der Waals surface area contributed by atoms with E-state index < -0.39 is 66.1 Å². The van der Waals surface area contributed by atoms with Gasteiger partial charge in [-0.15, -0.1) is 0 Å². The van der Waals surface area contributed by atoms with Gasteiger partial charge in [-0.2, -0.15) is 0 Å². The Morgan fingerprint density at radius 2 is 1.85 bits per heavy atom. The zero-order valence-electron chi connectivity index (χ0n) is 19.3. The smallest absolute Gasteiger partial charge is 0.255 e. The van der Waals surface area contributed by atoms with Crippen molar-refractivity contribution in [1.82, 2.24) is 15.5 Å². The predicted molar refractivity (Wildman–Crippen MR) is 118 cm³/mol. The molecule has 6 N–H and O–H groups in total. The van der Waals surface area contributed by atoms with E-state index in [4.69, 9.17) is 11.5 Å². The summed E-state index contributed by atoms with van der Waals surface area (Å²) in [4.78, 5) is 52.1. The van der Waals surface area contributed by atoms with Crippen LogP contribution in [-0.4, -0.2) is 65.2 Å². The molecule has 4 amide bonds. The van der Waals surface area contributed by atoms with Crippen molar-refractivity contribution < 1.29 is 28.0 Å². The molecule has 6 atom stereocenters. The first-order valence-corrected chi connectivity index (χ1v) is 12.4. The number of fused-ring (bicyclic) bond motifs is 3. The van der Waals surface area contributed by atoms with Crippen molar-refractivity contribution in [2.24, 2.45) is 29.2 Å². The fourth-order valence-corrected chi connectivity index (χ4v) is 6.05. The average molecular weight is 484 g/mol. The predicted octanol–water partition coefficient (Wildman–Crippen LogP) is 0.405. The largest absolute Gasteiger partial charge is 0.368 e. The fraction of sp³-hybridized carbons (Fsp3) is 0.826. The topological polar surface area (TPSA) is 148 Å². The Hall–Kier alpha value is -2.30. The number of nitrogens with zero attached hydrogens (tertiary/aromatic N) is 1. The number of primary amides is 1. The Morgan fingerprint density at radius 1 is 1.12 bits per heavy atom. The van der Waals surface area contributed by atoms with Crippen LogP contribution >= 0.6 is 0 Å². The first kappa shape index (κ1) is 24.8. The van der Waals surface area contributed by atoms with Crippen LogP contribution in [0, 0.1) is 17.8 Å². The van der Waals surface area contributed by atoms with E-state index in [1.807, 2.05) is 0 Å². The van der Waals surface area contributed by atoms with Crippen molar-refractivity contribution in [3.05, 3.63) is 0 Å². The molecule has 5 rings (SSSR count). The summed E-state index contributed by atoms with van der Waals surface area (Å²) in [6, 6.07) is -4.27. The van der Waals surface area contributed by atoms with Crippen molar-refractivity contribution in [2.45, 2.75) is 94.3 Å². The highest BCUT2D eigenvalue weighted by molar-refractivity contribution is 5.94. The highest BCUT2D eigenvalue weighted by atomic mass is 19.3. The summed E-state index contributed by atoms with van der Waals surface area (Å²) in [6.07, 6.45) is 4.78. The summed E-state index contributed by atoms with van der Waals surface area (Å²) >= 11 is 0. The van der Waals surface area contributed by atoms with Crippen LogP contribution in [0.3, 0.4) is 0 Å². The van der Waals surface area contributed by atoms with Gasteiger partial charge >= 0.3 is 0 Å². The van der Waals surface area contributed by atoms with E-state index in [0.717, 1.165) is 25.7 Å². The molecule has 3 saturated heterocycles. The van der Waals surface area contributed by atoms with E-state index >= 15 is 0 Å². The van der Waals surface area contributed by atoms with Crippen molar-refractivity contribution in [3.8, 4) is 0 Å². The van der Waals surface area contributed by atoms with Crippen LogP contribution < -0.4 is 22.1 Å². The molecule has 0 unspecified atom stereocenters. The van der Waals surface area contributed by atoms with Gasteiger partial charge in [0, 0.05) is 24.9 Å². The fourth-order valence-electron chi connectivity index (χ4n) is 6.05. The molecule has 0 radical (unpaired) electrons. The molecule has 0 aromatic carbocycles. The zero-order valence-corrected chi connectivity index (χ0v) is 19.3. The molecule has 2 bridgehead atoms. The normalized spacial score (nSPS) is 32.3. The average Bonchev–Trinajstić information content (AvgIpc) is 2.75. The van der Waals surface area contributed by atoms with Crippen LogP contribution in [0.2, 0.25) is 0 Å². The standard InChI is InChI=1S/C23H35F2N5O4/c24-23(25)11-14-6-7-15(23)18(30(14)22(34)16(26)9-12-3-1-4-12)21(33)29-17(19(27)31)10-13-5-2-8-28-20(13)32/h12-18H,1-11,26H2,(H2,27,31)(H,28,32)(H,29,33)/t13-,14-,15-,16-,17-,18-/m0/s1. The number of carbonyl (C=O) groups excluding carboxylic acids is 4. The number of rotatable bonds is 8. The highest BCUT2D eigenvalue weighted by Crippen LogP contribution is 2.49. The number of hydrogen-bond donors (Lipinski definition) is 4. The summed E-state index contributed by atoms with van der Waals surface area (Å²) in [7, 11) is 0. The van der Waals surface area contributed by atoms with Crippen molar-refractivity contribution in [3.63, 3.8) is 0 Å². The third-order valence-electron chi connectivity index (χ3n) is 8.17. The Bertz CT molecular complexity index is 836. The van der Waals surface area contributed by atoms with Crippen LogP contribution in [0.25, 0.3) is 0 Å². The first-order chi connectivity index (χ1) is 16.1. The molecule has 5 aliphatic rings. The summed E-state index contributed by atoms with van der Waals surface area (Å²) in [5.74, 6) is -7.03. The van der Waals surface area contributed by atoms with E-state index in [1.54, 1.807) is 0 Å².